The molecule has 3 atom stereocenters. The summed E-state index contributed by atoms with van der Waals surface area (Å²) in [6.07, 6.45) is 2.25. The SMILES string of the molecule is O=C(O)c1cc(NC2CCN3CCC2C3)ccc1F. The number of hydrogen-bond acceptors (Lipinski definition) is 3. The maximum Gasteiger partial charge on any atom is 0.338 e. The lowest BCUT2D eigenvalue weighted by Gasteiger charge is -2.31. The molecule has 0 spiro atoms. The van der Waals surface area contributed by atoms with E-state index in [4.69, 9.17) is 5.11 Å². The number of carbonyl (C=O) groups is 1. The lowest BCUT2D eigenvalue weighted by molar-refractivity contribution is 0.0692. The second-order valence-corrected chi connectivity index (χ2v) is 5.39. The standard InChI is InChI=1S/C14H17FN2O2/c15-12-2-1-10(7-11(12)14(18)19)16-13-4-6-17-5-3-9(13)8-17/h1-2,7,9,13,16H,3-6,8H2,(H,18,19). The Morgan fingerprint density at radius 2 is 2.16 bits per heavy atom. The first-order chi connectivity index (χ1) is 9.13. The lowest BCUT2D eigenvalue weighted by Crippen LogP contribution is -2.39. The molecule has 102 valence electrons. The maximum atomic E-state index is 13.3. The van der Waals surface area contributed by atoms with Gasteiger partial charge in [-0.25, -0.2) is 9.18 Å². The molecule has 2 aliphatic rings. The average Bonchev–Trinajstić information content (AvgIpc) is 2.77. The van der Waals surface area contributed by atoms with Gasteiger partial charge in [0.15, 0.2) is 0 Å². The second-order valence-electron chi connectivity index (χ2n) is 5.39. The minimum atomic E-state index is -1.23. The van der Waals surface area contributed by atoms with E-state index in [1.54, 1.807) is 6.07 Å². The van der Waals surface area contributed by atoms with Gasteiger partial charge in [0.2, 0.25) is 0 Å². The summed E-state index contributed by atoms with van der Waals surface area (Å²) < 4.78 is 13.3. The number of halogens is 1. The number of fused-ring (bicyclic) bond motifs is 2. The minimum absolute atomic E-state index is 0.270. The zero-order valence-electron chi connectivity index (χ0n) is 10.6. The molecule has 2 aliphatic heterocycles. The van der Waals surface area contributed by atoms with Crippen molar-refractivity contribution in [2.75, 3.05) is 25.0 Å². The Bertz CT molecular complexity index is 506. The largest absolute Gasteiger partial charge is 0.478 e. The third-order valence-electron chi connectivity index (χ3n) is 4.18. The fourth-order valence-electron chi connectivity index (χ4n) is 3.13. The number of piperidine rings is 1. The Labute approximate surface area is 111 Å². The summed E-state index contributed by atoms with van der Waals surface area (Å²) in [5.74, 6) is -1.29. The van der Waals surface area contributed by atoms with E-state index in [1.807, 2.05) is 0 Å². The normalized spacial score (nSPS) is 29.2. The van der Waals surface area contributed by atoms with Gasteiger partial charge in [0.25, 0.3) is 0 Å². The van der Waals surface area contributed by atoms with Crippen LogP contribution < -0.4 is 5.32 Å². The van der Waals surface area contributed by atoms with Crippen LogP contribution in [0.1, 0.15) is 23.2 Å². The number of anilines is 1. The van der Waals surface area contributed by atoms with Crippen molar-refractivity contribution in [1.82, 2.24) is 4.90 Å². The van der Waals surface area contributed by atoms with E-state index >= 15 is 0 Å². The molecule has 19 heavy (non-hydrogen) atoms. The van der Waals surface area contributed by atoms with E-state index in [0.29, 0.717) is 17.6 Å². The van der Waals surface area contributed by atoms with Crippen molar-refractivity contribution in [3.8, 4) is 0 Å². The number of nitrogens with one attached hydrogen (secondary N) is 1. The van der Waals surface area contributed by atoms with Gasteiger partial charge in [-0.1, -0.05) is 0 Å². The predicted octanol–water partition coefficient (Wildman–Crippen LogP) is 2.03. The highest BCUT2D eigenvalue weighted by Gasteiger charge is 2.34. The van der Waals surface area contributed by atoms with Gasteiger partial charge in [-0.2, -0.15) is 0 Å². The molecule has 2 heterocycles. The van der Waals surface area contributed by atoms with Gasteiger partial charge in [0.05, 0.1) is 5.56 Å². The third-order valence-corrected chi connectivity index (χ3v) is 4.18. The van der Waals surface area contributed by atoms with Crippen LogP contribution in [0.3, 0.4) is 0 Å². The van der Waals surface area contributed by atoms with Crippen LogP contribution in [0.4, 0.5) is 10.1 Å². The van der Waals surface area contributed by atoms with Crippen molar-refractivity contribution in [1.29, 1.82) is 0 Å². The van der Waals surface area contributed by atoms with Gasteiger partial charge in [-0.05, 0) is 43.5 Å². The highest BCUT2D eigenvalue weighted by Crippen LogP contribution is 2.29. The molecular formula is C14H17FN2O2. The molecule has 3 rings (SSSR count). The van der Waals surface area contributed by atoms with E-state index in [9.17, 15) is 9.18 Å². The maximum absolute atomic E-state index is 13.3. The van der Waals surface area contributed by atoms with Gasteiger partial charge in [0, 0.05) is 24.8 Å². The molecular weight excluding hydrogens is 247 g/mol. The zero-order chi connectivity index (χ0) is 13.4. The second kappa shape index (κ2) is 4.81. The molecule has 4 nitrogen and oxygen atoms in total. The molecule has 0 saturated carbocycles. The quantitative estimate of drug-likeness (QED) is 0.877. The summed E-state index contributed by atoms with van der Waals surface area (Å²) in [5, 5.41) is 12.3. The minimum Gasteiger partial charge on any atom is -0.478 e. The number of rotatable bonds is 3. The first-order valence-corrected chi connectivity index (χ1v) is 6.65. The fraction of sp³-hybridized carbons (Fsp3) is 0.500. The van der Waals surface area contributed by atoms with Gasteiger partial charge in [0.1, 0.15) is 5.82 Å². The Kier molecular flexibility index (Phi) is 3.14. The fourth-order valence-corrected chi connectivity index (χ4v) is 3.13. The molecule has 0 aromatic heterocycles. The first-order valence-electron chi connectivity index (χ1n) is 6.65. The number of hydrogen-bond donors (Lipinski definition) is 2. The summed E-state index contributed by atoms with van der Waals surface area (Å²) in [6.45, 7) is 3.36. The zero-order valence-corrected chi connectivity index (χ0v) is 10.6. The molecule has 0 radical (unpaired) electrons. The Balaban J connectivity index is 1.76. The molecule has 3 unspecified atom stereocenters. The van der Waals surface area contributed by atoms with Crippen molar-refractivity contribution in [2.45, 2.75) is 18.9 Å². The van der Waals surface area contributed by atoms with Crippen molar-refractivity contribution < 1.29 is 14.3 Å². The highest BCUT2D eigenvalue weighted by molar-refractivity contribution is 5.89. The van der Waals surface area contributed by atoms with Gasteiger partial charge in [-0.15, -0.1) is 0 Å². The van der Waals surface area contributed by atoms with Crippen LogP contribution in [-0.4, -0.2) is 41.7 Å². The first kappa shape index (κ1) is 12.4. The smallest absolute Gasteiger partial charge is 0.338 e. The van der Waals surface area contributed by atoms with Crippen LogP contribution in [0.15, 0.2) is 18.2 Å². The Morgan fingerprint density at radius 1 is 1.37 bits per heavy atom. The number of benzene rings is 1. The molecule has 2 N–H and O–H groups in total. The van der Waals surface area contributed by atoms with Crippen LogP contribution >= 0.6 is 0 Å². The Hall–Kier alpha value is -1.62. The number of nitrogens with zero attached hydrogens (tertiary/aromatic N) is 1. The van der Waals surface area contributed by atoms with E-state index in [-0.39, 0.29) is 5.56 Å². The van der Waals surface area contributed by atoms with Gasteiger partial charge in [-0.3, -0.25) is 0 Å². The lowest BCUT2D eigenvalue weighted by atomic mass is 9.94. The molecule has 2 saturated heterocycles. The highest BCUT2D eigenvalue weighted by atomic mass is 19.1. The topological polar surface area (TPSA) is 52.6 Å². The number of aromatic carboxylic acids is 1. The number of carboxylic acids is 1. The van der Waals surface area contributed by atoms with Crippen molar-refractivity contribution in [2.24, 2.45) is 5.92 Å². The van der Waals surface area contributed by atoms with Gasteiger partial charge < -0.3 is 15.3 Å². The summed E-state index contributed by atoms with van der Waals surface area (Å²) in [4.78, 5) is 13.4. The van der Waals surface area contributed by atoms with Crippen LogP contribution in [0.25, 0.3) is 0 Å². The van der Waals surface area contributed by atoms with Crippen LogP contribution in [-0.2, 0) is 0 Å². The molecule has 5 heteroatoms. The molecule has 0 amide bonds. The van der Waals surface area contributed by atoms with Crippen LogP contribution in [0, 0.1) is 11.7 Å². The van der Waals surface area contributed by atoms with Gasteiger partial charge >= 0.3 is 5.97 Å². The third kappa shape index (κ3) is 2.42. The Morgan fingerprint density at radius 3 is 2.95 bits per heavy atom. The summed E-state index contributed by atoms with van der Waals surface area (Å²) in [5.41, 5.74) is 0.429. The van der Waals surface area contributed by atoms with Crippen molar-refractivity contribution in [3.63, 3.8) is 0 Å². The van der Waals surface area contributed by atoms with Crippen LogP contribution in [0.5, 0.6) is 0 Å². The average molecular weight is 264 g/mol. The molecule has 2 fully saturated rings. The van der Waals surface area contributed by atoms with Crippen molar-refractivity contribution in [3.05, 3.63) is 29.6 Å². The van der Waals surface area contributed by atoms with E-state index < -0.39 is 11.8 Å². The van der Waals surface area contributed by atoms with E-state index in [2.05, 4.69) is 10.2 Å². The van der Waals surface area contributed by atoms with E-state index in [0.717, 1.165) is 26.1 Å². The monoisotopic (exact) mass is 264 g/mol. The van der Waals surface area contributed by atoms with Crippen LogP contribution in [0.2, 0.25) is 0 Å². The number of carboxylic acid groups (broad SMARTS) is 1. The predicted molar refractivity (Wildman–Crippen MR) is 69.9 cm³/mol. The van der Waals surface area contributed by atoms with Crippen molar-refractivity contribution >= 4 is 11.7 Å². The molecule has 1 aromatic rings. The summed E-state index contributed by atoms with van der Waals surface area (Å²) in [7, 11) is 0. The summed E-state index contributed by atoms with van der Waals surface area (Å²) >= 11 is 0. The van der Waals surface area contributed by atoms with E-state index in [1.165, 1.54) is 18.6 Å². The molecule has 0 aliphatic carbocycles. The molecule has 2 bridgehead atoms. The molecule has 1 aromatic carbocycles. The summed E-state index contributed by atoms with van der Waals surface area (Å²) in [6, 6.07) is 4.59.